The van der Waals surface area contributed by atoms with Gasteiger partial charge in [0.1, 0.15) is 5.75 Å². The van der Waals surface area contributed by atoms with Crippen LogP contribution in [0.2, 0.25) is 0 Å². The van der Waals surface area contributed by atoms with Crippen molar-refractivity contribution in [1.29, 1.82) is 0 Å². The van der Waals surface area contributed by atoms with E-state index in [2.05, 4.69) is 15.4 Å². The second kappa shape index (κ2) is 7.88. The molecule has 2 aromatic rings. The minimum atomic E-state index is -2.99. The normalized spacial score (nSPS) is 10.2. The number of anilines is 1. The standard InChI is InChI=1S/C16H14F2N2O3/c17-16(18)23-13-9-5-4-8-12(13)20-14(21)10-19-15(22)11-6-2-1-3-7-11/h1-9,16H,10H2,(H,19,22)(H,20,21). The molecule has 2 aromatic carbocycles. The Morgan fingerprint density at radius 3 is 2.35 bits per heavy atom. The molecule has 5 nitrogen and oxygen atoms in total. The number of amides is 2. The molecule has 0 fully saturated rings. The summed E-state index contributed by atoms with van der Waals surface area (Å²) in [7, 11) is 0. The van der Waals surface area contributed by atoms with Crippen molar-refractivity contribution < 1.29 is 23.1 Å². The van der Waals surface area contributed by atoms with E-state index in [4.69, 9.17) is 0 Å². The highest BCUT2D eigenvalue weighted by atomic mass is 19.3. The summed E-state index contributed by atoms with van der Waals surface area (Å²) in [4.78, 5) is 23.6. The molecule has 2 rings (SSSR count). The molecule has 2 amide bonds. The Bertz CT molecular complexity index is 678. The number of carbonyl (C=O) groups excluding carboxylic acids is 2. The fraction of sp³-hybridized carbons (Fsp3) is 0.125. The zero-order valence-corrected chi connectivity index (χ0v) is 12.0. The third-order valence-corrected chi connectivity index (χ3v) is 2.82. The highest BCUT2D eigenvalue weighted by Crippen LogP contribution is 2.25. The Morgan fingerprint density at radius 2 is 1.65 bits per heavy atom. The SMILES string of the molecule is O=C(CNC(=O)c1ccccc1)Nc1ccccc1OC(F)F. The van der Waals surface area contributed by atoms with Gasteiger partial charge in [-0.15, -0.1) is 0 Å². The number of ether oxygens (including phenoxy) is 1. The molecule has 0 saturated carbocycles. The van der Waals surface area contributed by atoms with Crippen LogP contribution in [0.3, 0.4) is 0 Å². The molecule has 0 bridgehead atoms. The van der Waals surface area contributed by atoms with E-state index in [1.165, 1.54) is 18.2 Å². The van der Waals surface area contributed by atoms with Crippen LogP contribution in [0.1, 0.15) is 10.4 Å². The number of rotatable bonds is 6. The van der Waals surface area contributed by atoms with Crippen LogP contribution in [0.25, 0.3) is 0 Å². The molecule has 0 spiro atoms. The van der Waals surface area contributed by atoms with Gasteiger partial charge in [-0.2, -0.15) is 8.78 Å². The van der Waals surface area contributed by atoms with Gasteiger partial charge in [-0.25, -0.2) is 0 Å². The van der Waals surface area contributed by atoms with E-state index in [0.29, 0.717) is 5.56 Å². The first kappa shape index (κ1) is 16.4. The van der Waals surface area contributed by atoms with Gasteiger partial charge >= 0.3 is 6.61 Å². The fourth-order valence-electron chi connectivity index (χ4n) is 1.82. The second-order valence-electron chi connectivity index (χ2n) is 4.47. The van der Waals surface area contributed by atoms with Crippen molar-refractivity contribution in [2.45, 2.75) is 6.61 Å². The Kier molecular flexibility index (Phi) is 5.62. The largest absolute Gasteiger partial charge is 0.433 e. The molecule has 0 saturated heterocycles. The molecule has 23 heavy (non-hydrogen) atoms. The van der Waals surface area contributed by atoms with E-state index in [1.807, 2.05) is 0 Å². The highest BCUT2D eigenvalue weighted by Gasteiger charge is 2.12. The van der Waals surface area contributed by atoms with E-state index in [9.17, 15) is 18.4 Å². The van der Waals surface area contributed by atoms with Crippen molar-refractivity contribution in [2.24, 2.45) is 0 Å². The molecule has 0 aliphatic rings. The molecule has 0 atom stereocenters. The van der Waals surface area contributed by atoms with E-state index >= 15 is 0 Å². The molecule has 0 aliphatic heterocycles. The molecule has 0 radical (unpaired) electrons. The average Bonchev–Trinajstić information content (AvgIpc) is 2.55. The molecule has 0 unspecified atom stereocenters. The highest BCUT2D eigenvalue weighted by molar-refractivity contribution is 5.99. The topological polar surface area (TPSA) is 67.4 Å². The van der Waals surface area contributed by atoms with E-state index in [1.54, 1.807) is 36.4 Å². The Hall–Kier alpha value is -2.96. The molecule has 2 N–H and O–H groups in total. The number of hydrogen-bond acceptors (Lipinski definition) is 3. The second-order valence-corrected chi connectivity index (χ2v) is 4.47. The Balaban J connectivity index is 1.91. The summed E-state index contributed by atoms with van der Waals surface area (Å²) in [6, 6.07) is 14.2. The van der Waals surface area contributed by atoms with Gasteiger partial charge in [0.05, 0.1) is 12.2 Å². The minimum absolute atomic E-state index is 0.103. The van der Waals surface area contributed by atoms with Crippen LogP contribution in [-0.4, -0.2) is 25.0 Å². The van der Waals surface area contributed by atoms with Crippen LogP contribution < -0.4 is 15.4 Å². The van der Waals surface area contributed by atoms with Crippen molar-refractivity contribution in [3.8, 4) is 5.75 Å². The maximum Gasteiger partial charge on any atom is 0.387 e. The summed E-state index contributed by atoms with van der Waals surface area (Å²) in [6.07, 6.45) is 0. The summed E-state index contributed by atoms with van der Waals surface area (Å²) >= 11 is 0. The van der Waals surface area contributed by atoms with E-state index in [-0.39, 0.29) is 18.0 Å². The van der Waals surface area contributed by atoms with Crippen LogP contribution in [0, 0.1) is 0 Å². The van der Waals surface area contributed by atoms with Crippen LogP contribution >= 0.6 is 0 Å². The summed E-state index contributed by atoms with van der Waals surface area (Å²) in [6.45, 7) is -3.29. The van der Waals surface area contributed by atoms with Crippen LogP contribution in [0.5, 0.6) is 5.75 Å². The number of nitrogens with one attached hydrogen (secondary N) is 2. The van der Waals surface area contributed by atoms with Crippen LogP contribution in [0.15, 0.2) is 54.6 Å². The fourth-order valence-corrected chi connectivity index (χ4v) is 1.82. The molecule has 0 aliphatic carbocycles. The van der Waals surface area contributed by atoms with Gasteiger partial charge in [-0.3, -0.25) is 9.59 Å². The first-order valence-corrected chi connectivity index (χ1v) is 6.73. The molecule has 0 heterocycles. The quantitative estimate of drug-likeness (QED) is 0.860. The Labute approximate surface area is 131 Å². The molecular weight excluding hydrogens is 306 g/mol. The van der Waals surface area contributed by atoms with Crippen molar-refractivity contribution >= 4 is 17.5 Å². The monoisotopic (exact) mass is 320 g/mol. The van der Waals surface area contributed by atoms with Crippen LogP contribution in [0.4, 0.5) is 14.5 Å². The average molecular weight is 320 g/mol. The minimum Gasteiger partial charge on any atom is -0.433 e. The lowest BCUT2D eigenvalue weighted by Gasteiger charge is -2.12. The van der Waals surface area contributed by atoms with Gasteiger partial charge in [0.2, 0.25) is 5.91 Å². The number of benzene rings is 2. The van der Waals surface area contributed by atoms with Crippen molar-refractivity contribution in [3.63, 3.8) is 0 Å². The van der Waals surface area contributed by atoms with E-state index < -0.39 is 18.4 Å². The number of hydrogen-bond donors (Lipinski definition) is 2. The van der Waals surface area contributed by atoms with Gasteiger partial charge in [0.15, 0.2) is 0 Å². The van der Waals surface area contributed by atoms with E-state index in [0.717, 1.165) is 0 Å². The van der Waals surface area contributed by atoms with Crippen molar-refractivity contribution in [1.82, 2.24) is 5.32 Å². The van der Waals surface area contributed by atoms with Gasteiger partial charge in [-0.1, -0.05) is 30.3 Å². The zero-order valence-electron chi connectivity index (χ0n) is 12.0. The van der Waals surface area contributed by atoms with Crippen molar-refractivity contribution in [2.75, 3.05) is 11.9 Å². The molecule has 7 heteroatoms. The zero-order chi connectivity index (χ0) is 16.7. The molecular formula is C16H14F2N2O3. The smallest absolute Gasteiger partial charge is 0.387 e. The number of carbonyl (C=O) groups is 2. The molecule has 120 valence electrons. The third kappa shape index (κ3) is 5.06. The lowest BCUT2D eigenvalue weighted by molar-refractivity contribution is -0.115. The maximum atomic E-state index is 12.3. The van der Waals surface area contributed by atoms with Gasteiger partial charge in [0, 0.05) is 5.56 Å². The summed E-state index contributed by atoms with van der Waals surface area (Å²) in [5.74, 6) is -1.11. The van der Waals surface area contributed by atoms with Gasteiger partial charge in [-0.05, 0) is 24.3 Å². The first-order valence-electron chi connectivity index (χ1n) is 6.73. The summed E-state index contributed by atoms with van der Waals surface area (Å²) in [5, 5.41) is 4.85. The van der Waals surface area contributed by atoms with Gasteiger partial charge in [0.25, 0.3) is 5.91 Å². The summed E-state index contributed by atoms with van der Waals surface area (Å²) in [5.41, 5.74) is 0.522. The number of halogens is 2. The number of para-hydroxylation sites is 2. The lowest BCUT2D eigenvalue weighted by atomic mass is 10.2. The maximum absolute atomic E-state index is 12.3. The predicted octanol–water partition coefficient (Wildman–Crippen LogP) is 2.66. The summed E-state index contributed by atoms with van der Waals surface area (Å²) < 4.78 is 28.9. The Morgan fingerprint density at radius 1 is 1.00 bits per heavy atom. The van der Waals surface area contributed by atoms with Crippen molar-refractivity contribution in [3.05, 3.63) is 60.2 Å². The first-order chi connectivity index (χ1) is 11.1. The third-order valence-electron chi connectivity index (χ3n) is 2.82. The van der Waals surface area contributed by atoms with Crippen LogP contribution in [-0.2, 0) is 4.79 Å². The number of alkyl halides is 2. The van der Waals surface area contributed by atoms with Gasteiger partial charge < -0.3 is 15.4 Å². The predicted molar refractivity (Wildman–Crippen MR) is 80.5 cm³/mol. The molecule has 0 aromatic heterocycles. The lowest BCUT2D eigenvalue weighted by Crippen LogP contribution is -2.32.